The lowest BCUT2D eigenvalue weighted by Gasteiger charge is -2.50. The summed E-state index contributed by atoms with van der Waals surface area (Å²) in [5.41, 5.74) is 5.71. The molecule has 21 heteroatoms. The first kappa shape index (κ1) is 46.5. The number of carboxylic acid groups (broad SMARTS) is 1. The topological polar surface area (TPSA) is 271 Å². The molecule has 3 unspecified atom stereocenters. The number of β-lactam (4-membered cyclic amide) rings is 1. The minimum Gasteiger partial charge on any atom is -0.486 e. The lowest BCUT2D eigenvalue weighted by atomic mass is 9.84. The summed E-state index contributed by atoms with van der Waals surface area (Å²) in [6.45, 7) is 13.4. The average Bonchev–Trinajstić information content (AvgIpc) is 3.60. The summed E-state index contributed by atoms with van der Waals surface area (Å²) < 4.78 is 47.5. The molecule has 3 heterocycles. The molecule has 5 rings (SSSR count). The lowest BCUT2D eigenvalue weighted by Crippen LogP contribution is -2.76. The molecule has 19 nitrogen and oxygen atoms in total. The molecule has 0 radical (unpaired) electrons. The number of ether oxygens (including phenoxy) is 2. The molecule has 6 N–H and O–H groups in total. The van der Waals surface area contributed by atoms with Crippen LogP contribution in [-0.4, -0.2) is 99.5 Å². The van der Waals surface area contributed by atoms with E-state index in [4.69, 9.17) is 39.5 Å². The van der Waals surface area contributed by atoms with Crippen LogP contribution in [0, 0.1) is 0 Å². The van der Waals surface area contributed by atoms with Gasteiger partial charge in [-0.2, -0.15) is 13.5 Å². The van der Waals surface area contributed by atoms with Crippen molar-refractivity contribution in [3.05, 3.63) is 40.4 Å². The van der Waals surface area contributed by atoms with Gasteiger partial charge in [0.05, 0.1) is 11.6 Å². The van der Waals surface area contributed by atoms with Crippen LogP contribution >= 0.6 is 11.3 Å². The zero-order valence-electron chi connectivity index (χ0n) is 33.3. The van der Waals surface area contributed by atoms with Crippen molar-refractivity contribution in [1.82, 2.24) is 15.4 Å². The van der Waals surface area contributed by atoms with E-state index < -0.39 is 57.7 Å². The highest BCUT2D eigenvalue weighted by Gasteiger charge is 2.58. The second-order valence-electron chi connectivity index (χ2n) is 14.5. The van der Waals surface area contributed by atoms with Crippen molar-refractivity contribution in [3.63, 3.8) is 0 Å². The largest absolute Gasteiger partial charge is 0.486 e. The van der Waals surface area contributed by atoms with Crippen molar-refractivity contribution < 1.29 is 55.9 Å². The molecule has 1 aromatic carbocycles. The minimum atomic E-state index is -5.00. The highest BCUT2D eigenvalue weighted by Crippen LogP contribution is 2.34. The van der Waals surface area contributed by atoms with Crippen molar-refractivity contribution in [3.8, 4) is 5.75 Å². The number of benzene rings is 1. The number of rotatable bonds is 11. The van der Waals surface area contributed by atoms with Crippen molar-refractivity contribution in [2.24, 2.45) is 15.9 Å². The van der Waals surface area contributed by atoms with E-state index in [0.29, 0.717) is 29.5 Å². The Morgan fingerprint density at radius 1 is 1.18 bits per heavy atom. The summed E-state index contributed by atoms with van der Waals surface area (Å²) in [7, 11) is -5.00. The summed E-state index contributed by atoms with van der Waals surface area (Å²) in [5, 5.41) is 18.0. The number of nitrogens with one attached hydrogen (secondary N) is 2. The van der Waals surface area contributed by atoms with E-state index >= 15 is 0 Å². The molecule has 3 amide bonds. The van der Waals surface area contributed by atoms with E-state index in [1.54, 1.807) is 27.7 Å². The van der Waals surface area contributed by atoms with Gasteiger partial charge >= 0.3 is 16.5 Å². The van der Waals surface area contributed by atoms with E-state index in [-0.39, 0.29) is 29.1 Å². The predicted molar refractivity (Wildman–Crippen MR) is 211 cm³/mol. The molecule has 1 saturated carbocycles. The van der Waals surface area contributed by atoms with Crippen LogP contribution in [0.1, 0.15) is 111 Å². The van der Waals surface area contributed by atoms with Crippen molar-refractivity contribution in [2.75, 3.05) is 5.32 Å². The van der Waals surface area contributed by atoms with Gasteiger partial charge in [0.1, 0.15) is 35.0 Å². The maximum absolute atomic E-state index is 13.7. The number of hydrogen-bond donors (Lipinski definition) is 5. The van der Waals surface area contributed by atoms with Gasteiger partial charge in [0.25, 0.3) is 18.3 Å². The van der Waals surface area contributed by atoms with E-state index in [1.807, 2.05) is 32.0 Å². The molecule has 0 bridgehead atoms. The Morgan fingerprint density at radius 2 is 1.82 bits per heavy atom. The summed E-state index contributed by atoms with van der Waals surface area (Å²) in [4.78, 5) is 62.0. The average molecular weight is 840 g/mol. The molecule has 1 saturated heterocycles. The second kappa shape index (κ2) is 20.0. The number of aliphatic imine (C=N–C) groups is 1. The Bertz CT molecular complexity index is 1900. The molecule has 0 spiro atoms. The van der Waals surface area contributed by atoms with Crippen molar-refractivity contribution in [1.29, 1.82) is 0 Å². The third kappa shape index (κ3) is 13.1. The van der Waals surface area contributed by atoms with Gasteiger partial charge in [0.2, 0.25) is 0 Å². The molecule has 2 aliphatic heterocycles. The fourth-order valence-electron chi connectivity index (χ4n) is 6.04. The molecule has 3 atom stereocenters. The van der Waals surface area contributed by atoms with E-state index in [0.717, 1.165) is 35.3 Å². The van der Waals surface area contributed by atoms with Crippen LogP contribution in [-0.2, 0) is 45.1 Å². The Hall–Kier alpha value is -4.86. The standard InChI is InChI=1S/C33H45N7O10S2.C2H6.CH2O2/c1-18(23-14-12-19-16-20(13-15-24(19)47-23)27(34)35-21-10-8-7-9-11-21)49-39-25(22-17-51-30(36-22)38-31(43)48-32(2,3)4)28(41)37-26-29(42)40(33(26,5)6)50-52(44,45)46;1-2;2-1-3/h13,15-18,21,23,26H,7-12,14H2,1-6H3,(H2,34,35)(H,37,41)(H,36,38,43)(H,44,45,46);1-2H3;1H,(H,2,3)/b39-25-;;. The van der Waals surface area contributed by atoms with Crippen LogP contribution in [0.25, 0.3) is 0 Å². The quantitative estimate of drug-likeness (QED) is 0.0517. The summed E-state index contributed by atoms with van der Waals surface area (Å²) in [5.74, 6) is -0.641. The van der Waals surface area contributed by atoms with Crippen molar-refractivity contribution in [2.45, 2.75) is 136 Å². The molecule has 1 aliphatic carbocycles. The number of thiazole rings is 1. The number of amides is 3. The molecule has 1 aromatic heterocycles. The van der Waals surface area contributed by atoms with E-state index in [1.165, 1.54) is 38.5 Å². The summed E-state index contributed by atoms with van der Waals surface area (Å²) >= 11 is 0.991. The predicted octanol–water partition coefficient (Wildman–Crippen LogP) is 4.60. The summed E-state index contributed by atoms with van der Waals surface area (Å²) in [6.07, 6.45) is 5.04. The Morgan fingerprint density at radius 3 is 2.42 bits per heavy atom. The highest BCUT2D eigenvalue weighted by molar-refractivity contribution is 7.80. The van der Waals surface area contributed by atoms with E-state index in [9.17, 15) is 22.8 Å². The number of nitrogens with two attached hydrogens (primary N) is 1. The molecule has 316 valence electrons. The van der Waals surface area contributed by atoms with Gasteiger partial charge in [-0.3, -0.25) is 29.2 Å². The smallest absolute Gasteiger partial charge is 0.418 e. The molecular weight excluding hydrogens is 787 g/mol. The Kier molecular flexibility index (Phi) is 16.3. The fourth-order valence-corrected chi connectivity index (χ4v) is 7.17. The number of carbonyl (C=O) groups excluding carboxylic acids is 3. The minimum absolute atomic E-state index is 0.00583. The molecule has 57 heavy (non-hydrogen) atoms. The maximum Gasteiger partial charge on any atom is 0.418 e. The number of carbonyl (C=O) groups is 4. The first-order valence-electron chi connectivity index (χ1n) is 18.4. The lowest BCUT2D eigenvalue weighted by molar-refractivity contribution is -0.218. The van der Waals surface area contributed by atoms with Gasteiger partial charge in [-0.25, -0.2) is 9.78 Å². The van der Waals surface area contributed by atoms with Crippen LogP contribution in [0.5, 0.6) is 5.75 Å². The summed E-state index contributed by atoms with van der Waals surface area (Å²) in [6, 6.07) is 4.71. The number of amidine groups is 1. The zero-order chi connectivity index (χ0) is 42.7. The number of aryl methyl sites for hydroxylation is 1. The number of aromatic nitrogens is 1. The second-order valence-corrected chi connectivity index (χ2v) is 16.4. The van der Waals surface area contributed by atoms with Crippen LogP contribution in [0.2, 0.25) is 0 Å². The monoisotopic (exact) mass is 839 g/mol. The number of oxime groups is 1. The highest BCUT2D eigenvalue weighted by atomic mass is 32.3. The number of fused-ring (bicyclic) bond motifs is 1. The van der Waals surface area contributed by atoms with Gasteiger partial charge in [-0.15, -0.1) is 15.6 Å². The first-order chi connectivity index (χ1) is 26.7. The van der Waals surface area contributed by atoms with Gasteiger partial charge < -0.3 is 30.5 Å². The van der Waals surface area contributed by atoms with Gasteiger partial charge in [0.15, 0.2) is 16.9 Å². The molecule has 2 aromatic rings. The zero-order valence-corrected chi connectivity index (χ0v) is 34.9. The number of hydrogen-bond acceptors (Lipinski definition) is 14. The normalized spacial score (nSPS) is 20.1. The molecule has 2 fully saturated rings. The SMILES string of the molecule is CC.CC(O/N=C(\C(=O)NC1C(=O)N(OS(=O)(=O)O)C1(C)C)c1csc(NC(=O)OC(C)(C)C)n1)C1CCc2cc(C(N)=NC3CCCCC3)ccc2O1.O=CO. The maximum atomic E-state index is 13.7. The van der Waals surface area contributed by atoms with Crippen LogP contribution in [0.4, 0.5) is 9.93 Å². The number of anilines is 1. The third-order valence-electron chi connectivity index (χ3n) is 8.75. The third-order valence-corrected chi connectivity index (χ3v) is 9.85. The van der Waals surface area contributed by atoms with Crippen LogP contribution < -0.4 is 21.1 Å². The van der Waals surface area contributed by atoms with Gasteiger partial charge in [-0.05, 0) is 91.0 Å². The molecular formula is C36H53N7O12S2. The number of hydroxylamine groups is 2. The fraction of sp³-hybridized carbons (Fsp3) is 0.583. The van der Waals surface area contributed by atoms with E-state index in [2.05, 4.69) is 25.1 Å². The first-order valence-corrected chi connectivity index (χ1v) is 20.7. The number of nitrogens with zero attached hydrogens (tertiary/aromatic N) is 4. The Balaban J connectivity index is 0.00000166. The molecule has 3 aliphatic rings. The van der Waals surface area contributed by atoms with Crippen molar-refractivity contribution >= 4 is 62.8 Å². The van der Waals surface area contributed by atoms with Crippen LogP contribution in [0.3, 0.4) is 0 Å². The van der Waals surface area contributed by atoms with Gasteiger partial charge in [0, 0.05) is 10.9 Å². The Labute approximate surface area is 336 Å². The van der Waals surface area contributed by atoms with Crippen LogP contribution in [0.15, 0.2) is 33.7 Å². The van der Waals surface area contributed by atoms with Gasteiger partial charge in [-0.1, -0.05) is 38.3 Å².